The lowest BCUT2D eigenvalue weighted by Gasteiger charge is -2.32. The van der Waals surface area contributed by atoms with Crippen molar-refractivity contribution in [2.24, 2.45) is 0 Å². The van der Waals surface area contributed by atoms with Gasteiger partial charge in [0.05, 0.1) is 11.4 Å². The van der Waals surface area contributed by atoms with Gasteiger partial charge < -0.3 is 10.2 Å². The number of nitrogens with one attached hydrogen (secondary N) is 2. The van der Waals surface area contributed by atoms with E-state index in [0.717, 1.165) is 22.7 Å². The molecule has 8 heteroatoms. The monoisotopic (exact) mass is 377 g/mol. The molecule has 132 valence electrons. The van der Waals surface area contributed by atoms with Crippen molar-refractivity contribution in [2.75, 3.05) is 16.8 Å². The Morgan fingerprint density at radius 2 is 2.08 bits per heavy atom. The number of fused-ring (bicyclic) bond motifs is 3. The van der Waals surface area contributed by atoms with Crippen LogP contribution in [0.15, 0.2) is 40.6 Å². The fourth-order valence-corrected chi connectivity index (χ4v) is 6.00. The summed E-state index contributed by atoms with van der Waals surface area (Å²) in [7, 11) is -3.56. The van der Waals surface area contributed by atoms with Crippen LogP contribution in [0, 0.1) is 0 Å². The number of hydrogen-bond donors (Lipinski definition) is 2. The highest BCUT2D eigenvalue weighted by Gasteiger charge is 2.42. The maximum absolute atomic E-state index is 12.6. The number of hydrogen-bond acceptors (Lipinski definition) is 5. The van der Waals surface area contributed by atoms with Gasteiger partial charge in [-0.1, -0.05) is 19.1 Å². The third-order valence-electron chi connectivity index (χ3n) is 4.65. The van der Waals surface area contributed by atoms with Crippen molar-refractivity contribution in [3.8, 4) is 0 Å². The molecule has 1 amide bonds. The summed E-state index contributed by atoms with van der Waals surface area (Å²) in [5.41, 5.74) is 1.72. The van der Waals surface area contributed by atoms with E-state index in [2.05, 4.69) is 10.0 Å². The summed E-state index contributed by atoms with van der Waals surface area (Å²) in [4.78, 5) is 15.4. The second-order valence-electron chi connectivity index (χ2n) is 6.30. The van der Waals surface area contributed by atoms with Gasteiger partial charge in [0.2, 0.25) is 15.9 Å². The highest BCUT2D eigenvalue weighted by molar-refractivity contribution is 7.91. The highest BCUT2D eigenvalue weighted by Crippen LogP contribution is 2.36. The van der Waals surface area contributed by atoms with Gasteiger partial charge in [0.1, 0.15) is 10.3 Å². The first-order valence-corrected chi connectivity index (χ1v) is 10.6. The smallest absolute Gasteiger partial charge is 0.250 e. The average molecular weight is 377 g/mol. The zero-order valence-corrected chi connectivity index (χ0v) is 15.4. The van der Waals surface area contributed by atoms with E-state index in [1.54, 1.807) is 6.07 Å². The van der Waals surface area contributed by atoms with Gasteiger partial charge in [-0.25, -0.2) is 13.1 Å². The largest absolute Gasteiger partial charge is 0.356 e. The molecule has 1 aromatic heterocycles. The molecular formula is C17H19N3O3S2. The Balaban J connectivity index is 1.55. The molecular weight excluding hydrogens is 358 g/mol. The summed E-state index contributed by atoms with van der Waals surface area (Å²) >= 11 is 1.29. The third kappa shape index (κ3) is 2.94. The van der Waals surface area contributed by atoms with Crippen LogP contribution in [-0.2, 0) is 21.2 Å². The second kappa shape index (κ2) is 6.12. The number of carbonyl (C=O) groups is 1. The van der Waals surface area contributed by atoms with E-state index >= 15 is 0 Å². The van der Waals surface area contributed by atoms with Crippen LogP contribution in [0.5, 0.6) is 0 Å². The summed E-state index contributed by atoms with van der Waals surface area (Å²) < 4.78 is 28.4. The molecule has 2 unspecified atom stereocenters. The van der Waals surface area contributed by atoms with Gasteiger partial charge >= 0.3 is 0 Å². The van der Waals surface area contributed by atoms with E-state index in [-0.39, 0.29) is 18.0 Å². The maximum atomic E-state index is 12.6. The van der Waals surface area contributed by atoms with Crippen molar-refractivity contribution in [1.29, 1.82) is 0 Å². The SMILES string of the molecule is CCc1ccc(S(=O)(=O)NC2CC3C(=O)Nc4ccccc4N3C2)s1. The number of carbonyl (C=O) groups excluding carboxylic acids is 1. The quantitative estimate of drug-likeness (QED) is 0.856. The van der Waals surface area contributed by atoms with Gasteiger partial charge in [0.25, 0.3) is 0 Å². The van der Waals surface area contributed by atoms with Crippen molar-refractivity contribution in [3.05, 3.63) is 41.3 Å². The molecule has 1 aromatic carbocycles. The summed E-state index contributed by atoms with van der Waals surface area (Å²) in [5.74, 6) is -0.0789. The van der Waals surface area contributed by atoms with Gasteiger partial charge in [-0.15, -0.1) is 11.3 Å². The van der Waals surface area contributed by atoms with Crippen molar-refractivity contribution in [1.82, 2.24) is 4.72 Å². The van der Waals surface area contributed by atoms with Gasteiger partial charge in [-0.05, 0) is 37.1 Å². The number of rotatable bonds is 4. The van der Waals surface area contributed by atoms with E-state index in [1.165, 1.54) is 11.3 Å². The van der Waals surface area contributed by atoms with Gasteiger partial charge in [-0.3, -0.25) is 4.79 Å². The summed E-state index contributed by atoms with van der Waals surface area (Å²) in [6.45, 7) is 2.49. The first-order valence-electron chi connectivity index (χ1n) is 8.25. The fraction of sp³-hybridized carbons (Fsp3) is 0.353. The Kier molecular flexibility index (Phi) is 4.05. The lowest BCUT2D eigenvalue weighted by Crippen LogP contribution is -2.43. The molecule has 2 N–H and O–H groups in total. The van der Waals surface area contributed by atoms with Crippen LogP contribution in [0.2, 0.25) is 0 Å². The minimum absolute atomic E-state index is 0.0789. The molecule has 0 aliphatic carbocycles. The average Bonchev–Trinajstić information content (AvgIpc) is 3.22. The molecule has 0 saturated carbocycles. The van der Waals surface area contributed by atoms with Crippen LogP contribution in [0.25, 0.3) is 0 Å². The van der Waals surface area contributed by atoms with Gasteiger partial charge in [0, 0.05) is 17.5 Å². The second-order valence-corrected chi connectivity index (χ2v) is 9.41. The Morgan fingerprint density at radius 1 is 1.28 bits per heavy atom. The summed E-state index contributed by atoms with van der Waals surface area (Å²) in [6.07, 6.45) is 1.28. The Hall–Kier alpha value is -1.90. The van der Waals surface area contributed by atoms with Crippen molar-refractivity contribution in [3.63, 3.8) is 0 Å². The topological polar surface area (TPSA) is 78.5 Å². The van der Waals surface area contributed by atoms with Crippen LogP contribution in [0.4, 0.5) is 11.4 Å². The molecule has 0 radical (unpaired) electrons. The molecule has 2 aliphatic rings. The normalized spacial score (nSPS) is 22.4. The van der Waals surface area contributed by atoms with E-state index in [9.17, 15) is 13.2 Å². The predicted molar refractivity (Wildman–Crippen MR) is 98.6 cm³/mol. The number of amides is 1. The van der Waals surface area contributed by atoms with Crippen molar-refractivity contribution in [2.45, 2.75) is 36.1 Å². The van der Waals surface area contributed by atoms with E-state index < -0.39 is 10.0 Å². The number of nitrogens with zero attached hydrogens (tertiary/aromatic N) is 1. The number of benzene rings is 1. The molecule has 2 atom stereocenters. The van der Waals surface area contributed by atoms with Crippen LogP contribution in [-0.4, -0.2) is 33.0 Å². The first-order chi connectivity index (χ1) is 12.0. The van der Waals surface area contributed by atoms with Gasteiger partial charge in [-0.2, -0.15) is 0 Å². The van der Waals surface area contributed by atoms with E-state index in [4.69, 9.17) is 0 Å². The molecule has 4 rings (SSSR count). The minimum atomic E-state index is -3.56. The van der Waals surface area contributed by atoms with Crippen LogP contribution < -0.4 is 14.9 Å². The maximum Gasteiger partial charge on any atom is 0.250 e. The molecule has 0 spiro atoms. The molecule has 25 heavy (non-hydrogen) atoms. The molecule has 2 aromatic rings. The zero-order valence-electron chi connectivity index (χ0n) is 13.7. The number of sulfonamides is 1. The highest BCUT2D eigenvalue weighted by atomic mass is 32.2. The number of aryl methyl sites for hydroxylation is 1. The third-order valence-corrected chi connectivity index (χ3v) is 7.89. The molecule has 0 bridgehead atoms. The first kappa shape index (κ1) is 16.6. The summed E-state index contributed by atoms with van der Waals surface area (Å²) in [6, 6.07) is 10.5. The van der Waals surface area contributed by atoms with E-state index in [1.807, 2.05) is 42.2 Å². The number of para-hydroxylation sites is 2. The Bertz CT molecular complexity index is 923. The number of anilines is 2. The molecule has 6 nitrogen and oxygen atoms in total. The lowest BCUT2D eigenvalue weighted by atomic mass is 10.1. The Morgan fingerprint density at radius 3 is 2.84 bits per heavy atom. The minimum Gasteiger partial charge on any atom is -0.356 e. The number of thiophene rings is 1. The summed E-state index contributed by atoms with van der Waals surface area (Å²) in [5, 5.41) is 2.90. The standard InChI is InChI=1S/C17H19N3O3S2/c1-2-12-7-8-16(24-12)25(22,23)19-11-9-15-17(21)18-13-5-3-4-6-14(13)20(15)10-11/h3-8,11,15,19H,2,9-10H2,1H3,(H,18,21). The zero-order chi connectivity index (χ0) is 17.6. The molecule has 3 heterocycles. The van der Waals surface area contributed by atoms with Crippen molar-refractivity contribution < 1.29 is 13.2 Å². The van der Waals surface area contributed by atoms with Crippen LogP contribution >= 0.6 is 11.3 Å². The Labute approximate surface area is 150 Å². The fourth-order valence-electron chi connectivity index (χ4n) is 3.45. The molecule has 1 fully saturated rings. The molecule has 2 aliphatic heterocycles. The molecule has 1 saturated heterocycles. The van der Waals surface area contributed by atoms with Crippen LogP contribution in [0.3, 0.4) is 0 Å². The van der Waals surface area contributed by atoms with Crippen molar-refractivity contribution >= 4 is 38.6 Å². The lowest BCUT2D eigenvalue weighted by molar-refractivity contribution is -0.117. The van der Waals surface area contributed by atoms with Crippen LogP contribution in [0.1, 0.15) is 18.2 Å². The predicted octanol–water partition coefficient (Wildman–Crippen LogP) is 2.19. The van der Waals surface area contributed by atoms with E-state index in [0.29, 0.717) is 17.2 Å². The van der Waals surface area contributed by atoms with Gasteiger partial charge in [0.15, 0.2) is 0 Å².